The van der Waals surface area contributed by atoms with Crippen LogP contribution in [-0.4, -0.2) is 191 Å². The van der Waals surface area contributed by atoms with E-state index >= 15 is 0 Å². The molecule has 4 aliphatic rings. The third kappa shape index (κ3) is 46.7. The summed E-state index contributed by atoms with van der Waals surface area (Å²) >= 11 is 0. The monoisotopic (exact) mass is 1320 g/mol. The minimum atomic E-state index is -3.56. The molecule has 0 bridgehead atoms. The van der Waals surface area contributed by atoms with Gasteiger partial charge in [0.25, 0.3) is 0 Å². The first-order valence-corrected chi connectivity index (χ1v) is 58.7. The second-order valence-electron chi connectivity index (χ2n) is 26.0. The highest BCUT2D eigenvalue weighted by Crippen LogP contribution is 2.35. The summed E-state index contributed by atoms with van der Waals surface area (Å²) in [6, 6.07) is 5.10. The molecule has 4 atom stereocenters. The first-order chi connectivity index (χ1) is 38.0. The van der Waals surface area contributed by atoms with E-state index in [0.29, 0.717) is 52.4 Å². The third-order valence-electron chi connectivity index (χ3n) is 12.7. The summed E-state index contributed by atoms with van der Waals surface area (Å²) in [6.07, 6.45) is 17.4. The van der Waals surface area contributed by atoms with Crippen molar-refractivity contribution in [2.24, 2.45) is 0 Å². The number of ether oxygens (including phenoxy) is 8. The minimum Gasteiger partial charge on any atom is -0.399 e. The lowest BCUT2D eigenvalue weighted by Gasteiger charge is -2.46. The van der Waals surface area contributed by atoms with Gasteiger partial charge in [-0.2, -0.15) is 0 Å². The number of hydrogen-bond donors (Lipinski definition) is 0. The molecule has 4 heterocycles. The van der Waals surface area contributed by atoms with E-state index in [1.54, 1.807) is 6.08 Å². The second kappa shape index (κ2) is 42.9. The molecule has 16 nitrogen and oxygen atoms in total. The molecule has 4 rings (SSSR count). The minimum absolute atomic E-state index is 0.288. The predicted octanol–water partition coefficient (Wildman–Crippen LogP) is 13.3. The lowest BCUT2D eigenvalue weighted by atomic mass is 10.3. The zero-order valence-corrected chi connectivity index (χ0v) is 65.9. The molecular weight excluding hydrogens is 1200 g/mol. The van der Waals surface area contributed by atoms with Gasteiger partial charge in [0.1, 0.15) is 24.4 Å². The van der Waals surface area contributed by atoms with Crippen molar-refractivity contribution in [3.63, 3.8) is 0 Å². The Kier molecular flexibility index (Phi) is 42.3. The average Bonchev–Trinajstić information content (AvgIpc) is 4.09. The summed E-state index contributed by atoms with van der Waals surface area (Å²) < 4.78 is 98.5. The number of unbranched alkanes of at least 4 members (excludes halogenated alkanes) is 5. The van der Waals surface area contributed by atoms with E-state index in [9.17, 15) is 0 Å². The summed E-state index contributed by atoms with van der Waals surface area (Å²) in [5.41, 5.74) is 0. The van der Waals surface area contributed by atoms with E-state index in [-0.39, 0.29) is 18.3 Å². The number of epoxide rings is 4. The molecule has 0 aromatic heterocycles. The van der Waals surface area contributed by atoms with Gasteiger partial charge in [-0.15, -0.1) is 13.2 Å². The van der Waals surface area contributed by atoms with Crippen LogP contribution in [0.15, 0.2) is 25.3 Å². The lowest BCUT2D eigenvalue weighted by Crippen LogP contribution is -2.66. The molecule has 4 fully saturated rings. The van der Waals surface area contributed by atoms with E-state index in [4.69, 9.17) is 70.8 Å². The predicted molar refractivity (Wildman–Crippen MR) is 359 cm³/mol. The fourth-order valence-corrected chi connectivity index (χ4v) is 43.3. The Balaban J connectivity index is 0.000000765. The zero-order chi connectivity index (χ0) is 61.1. The van der Waals surface area contributed by atoms with Crippen molar-refractivity contribution in [3.05, 3.63) is 25.3 Å². The summed E-state index contributed by atoms with van der Waals surface area (Å²) in [4.78, 5) is 0. The second-order valence-corrected chi connectivity index (χ2v) is 61.3. The van der Waals surface area contributed by atoms with Crippen molar-refractivity contribution < 1.29 is 70.8 Å². The van der Waals surface area contributed by atoms with Crippen LogP contribution in [0.25, 0.3) is 0 Å². The maximum absolute atomic E-state index is 7.35. The fourth-order valence-electron chi connectivity index (χ4n) is 8.28. The Morgan fingerprint density at radius 3 is 0.877 bits per heavy atom. The number of rotatable bonds is 48. The summed E-state index contributed by atoms with van der Waals surface area (Å²) in [5, 5.41) is 0. The molecule has 0 saturated carbocycles. The number of allylic oxidation sites excluding steroid dienone is 1. The lowest BCUT2D eigenvalue weighted by molar-refractivity contribution is 0.112. The summed E-state index contributed by atoms with van der Waals surface area (Å²) in [7, 11) is -21.2. The molecule has 482 valence electrons. The van der Waals surface area contributed by atoms with E-state index < -0.39 is 86.8 Å². The molecule has 81 heavy (non-hydrogen) atoms. The van der Waals surface area contributed by atoms with Gasteiger partial charge < -0.3 is 70.8 Å². The molecule has 0 aliphatic carbocycles. The zero-order valence-electron chi connectivity index (χ0n) is 55.4. The first kappa shape index (κ1) is 80.0. The van der Waals surface area contributed by atoms with Crippen LogP contribution in [0.3, 0.4) is 0 Å². The van der Waals surface area contributed by atoms with Gasteiger partial charge in [0, 0.05) is 19.8 Å². The Labute approximate surface area is 509 Å². The molecule has 26 heteroatoms. The van der Waals surface area contributed by atoms with Gasteiger partial charge in [0.2, 0.25) is 0 Å². The van der Waals surface area contributed by atoms with Crippen LogP contribution in [0.2, 0.25) is 135 Å². The first-order valence-electron chi connectivity index (χ1n) is 31.5. The molecule has 0 N–H and O–H groups in total. The van der Waals surface area contributed by atoms with Gasteiger partial charge in [-0.3, -0.25) is 0 Å². The van der Waals surface area contributed by atoms with Crippen LogP contribution in [0.1, 0.15) is 91.4 Å². The van der Waals surface area contributed by atoms with Gasteiger partial charge in [-0.1, -0.05) is 77.9 Å². The van der Waals surface area contributed by atoms with Crippen LogP contribution in [0, 0.1) is 0 Å². The van der Waals surface area contributed by atoms with Gasteiger partial charge in [-0.25, -0.2) is 0 Å². The van der Waals surface area contributed by atoms with Crippen molar-refractivity contribution in [1.82, 2.24) is 0 Å². The normalized spacial score (nSPS) is 19.7. The van der Waals surface area contributed by atoms with Crippen LogP contribution < -0.4 is 0 Å². The Morgan fingerprint density at radius 2 is 0.654 bits per heavy atom. The average molecular weight is 1320 g/mol. The van der Waals surface area contributed by atoms with Crippen LogP contribution in [0.4, 0.5) is 0 Å². The van der Waals surface area contributed by atoms with Gasteiger partial charge in [0.05, 0.1) is 59.5 Å². The smallest absolute Gasteiger partial charge is 0.399 e. The molecule has 0 aromatic rings. The van der Waals surface area contributed by atoms with Gasteiger partial charge in [-0.05, 0) is 161 Å². The molecule has 4 unspecified atom stereocenters. The largest absolute Gasteiger partial charge is 0.636 e. The van der Waals surface area contributed by atoms with E-state index in [1.807, 2.05) is 6.08 Å². The molecule has 4 saturated heterocycles. The van der Waals surface area contributed by atoms with Gasteiger partial charge >= 0.3 is 18.1 Å². The van der Waals surface area contributed by atoms with Crippen molar-refractivity contribution >= 4 is 86.8 Å². The maximum atomic E-state index is 7.35. The van der Waals surface area contributed by atoms with Crippen LogP contribution >= 0.6 is 0 Å². The van der Waals surface area contributed by atoms with E-state index in [0.717, 1.165) is 95.4 Å². The molecule has 0 amide bonds. The van der Waals surface area contributed by atoms with Crippen LogP contribution in [-0.2, 0) is 70.8 Å². The third-order valence-corrected chi connectivity index (χ3v) is 45.6. The number of hydrogen-bond acceptors (Lipinski definition) is 16. The van der Waals surface area contributed by atoms with E-state index in [1.165, 1.54) is 38.5 Å². The van der Waals surface area contributed by atoms with E-state index in [2.05, 4.69) is 139 Å². The molecular formula is C55H126O16Si10. The fraction of sp³-hybridized carbons (Fsp3) is 0.927. The topological polar surface area (TPSA) is 161 Å². The van der Waals surface area contributed by atoms with Crippen molar-refractivity contribution in [2.45, 2.75) is 251 Å². The van der Waals surface area contributed by atoms with Gasteiger partial charge in [0.15, 0.2) is 68.7 Å². The van der Waals surface area contributed by atoms with Crippen molar-refractivity contribution in [3.8, 4) is 0 Å². The van der Waals surface area contributed by atoms with Crippen molar-refractivity contribution in [1.29, 1.82) is 0 Å². The maximum Gasteiger partial charge on any atom is 0.636 e. The molecule has 0 spiro atoms. The Morgan fingerprint density at radius 1 is 0.383 bits per heavy atom. The molecule has 0 aromatic carbocycles. The SMILES string of the molecule is C=CCCC.C=CCOCC1CO1.CCCCC[Si](C)(C)O[Si](O[SiH](C)C)(O[SiH](C)C)O[SiH](C)C.CCCCC[Si](C)(C)O[Si](O[Si](C)(C)CCCOCC1CO1)(O[Si](C)(C)CCCOCC1CO1)O[Si](C)(C)CCCOCC1CO1. The standard InChI is InChI=1S/C31H68O10Si5.C13H38O4Si5.C6H10O2.C5H10/c1-10-11-12-19-42(2,3)38-46(39-43(4,5)20-13-16-32-23-29-26-35-29,40-44(6,7)21-14-17-33-24-30-27-36-30)41-45(8,9)22-15-18-34-25-31-28-37-31;1-10-11-12-13-21(8,9)17-22(14-18(2)3,15-19(4)5)16-20(6)7;1-2-3-7-4-6-5-8-6;1-3-5-4-2/h29-31H,10-28H2,1-9H3;18-20H,10-13H2,1-9H3;2,6H,1,3-5H2;3H,1,4-5H2,2H3. The summed E-state index contributed by atoms with van der Waals surface area (Å²) in [5.74, 6) is 0. The highest BCUT2D eigenvalue weighted by Gasteiger charge is 2.58. The molecule has 0 radical (unpaired) electrons. The molecule has 4 aliphatic heterocycles. The summed E-state index contributed by atoms with van der Waals surface area (Å²) in [6.45, 7) is 58.6. The van der Waals surface area contributed by atoms with Crippen molar-refractivity contribution in [2.75, 3.05) is 79.3 Å². The quantitative estimate of drug-likeness (QED) is 0.0245. The van der Waals surface area contributed by atoms with Crippen LogP contribution in [0.5, 0.6) is 0 Å². The highest BCUT2D eigenvalue weighted by atomic mass is 28.5. The highest BCUT2D eigenvalue weighted by molar-refractivity contribution is 6.92. The Hall–Kier alpha value is 1.01. The Bertz CT molecular complexity index is 1470.